The molecule has 0 aromatic heterocycles. The van der Waals surface area contributed by atoms with E-state index in [-0.39, 0.29) is 16.2 Å². The van der Waals surface area contributed by atoms with Crippen LogP contribution in [0.1, 0.15) is 50.7 Å². The number of carbonyl (C=O) groups is 1. The molecule has 0 aliphatic heterocycles. The molecule has 0 amide bonds. The van der Waals surface area contributed by atoms with E-state index in [1.54, 1.807) is 6.08 Å². The van der Waals surface area contributed by atoms with Crippen LogP contribution in [0.25, 0.3) is 5.57 Å². The number of benzene rings is 1. The molecule has 2 unspecified atom stereocenters. The van der Waals surface area contributed by atoms with Crippen LogP contribution in [0, 0.1) is 5.41 Å². The minimum Gasteiger partial charge on any atom is -0.464 e. The predicted octanol–water partition coefficient (Wildman–Crippen LogP) is 4.80. The van der Waals surface area contributed by atoms with Gasteiger partial charge in [0, 0.05) is 17.4 Å². The second-order valence-electron chi connectivity index (χ2n) is 6.49. The zero-order valence-electron chi connectivity index (χ0n) is 13.3. The molecule has 2 aliphatic carbocycles. The number of allylic oxidation sites excluding steroid dienone is 2. The monoisotopic (exact) mass is 354 g/mol. The van der Waals surface area contributed by atoms with E-state index in [1.807, 2.05) is 6.07 Å². The van der Waals surface area contributed by atoms with Crippen LogP contribution in [0.4, 0.5) is 0 Å². The molecule has 2 atom stereocenters. The lowest BCUT2D eigenvalue weighted by Gasteiger charge is -2.33. The van der Waals surface area contributed by atoms with Gasteiger partial charge in [-0.3, -0.25) is 4.79 Å². The van der Waals surface area contributed by atoms with Gasteiger partial charge in [-0.2, -0.15) is 0 Å². The average molecular weight is 355 g/mol. The summed E-state index contributed by atoms with van der Waals surface area (Å²) in [6.07, 6.45) is 5.12. The normalized spacial score (nSPS) is 24.0. The fraction of sp³-hybridized carbons (Fsp3) is 0.500. The molecule has 3 rings (SSSR count). The Morgan fingerprint density at radius 2 is 2.13 bits per heavy atom. The second kappa shape index (κ2) is 6.12. The molecular formula is C18H20Cl2O3. The minimum atomic E-state index is -0.962. The summed E-state index contributed by atoms with van der Waals surface area (Å²) in [5.74, 6) is 0.540. The SMILES string of the molecule is CCCC12CCC(=O)C=C1c1c(cc(OC(C)O)c(Cl)c1Cl)C2. The van der Waals surface area contributed by atoms with Crippen LogP contribution in [0.15, 0.2) is 12.1 Å². The lowest BCUT2D eigenvalue weighted by Crippen LogP contribution is -2.25. The van der Waals surface area contributed by atoms with Crippen molar-refractivity contribution in [3.05, 3.63) is 33.3 Å². The van der Waals surface area contributed by atoms with Crippen LogP contribution in [0.5, 0.6) is 5.75 Å². The zero-order chi connectivity index (χ0) is 16.8. The summed E-state index contributed by atoms with van der Waals surface area (Å²) in [5, 5.41) is 10.2. The maximum Gasteiger partial charge on any atom is 0.194 e. The van der Waals surface area contributed by atoms with Crippen molar-refractivity contribution in [3.63, 3.8) is 0 Å². The summed E-state index contributed by atoms with van der Waals surface area (Å²) >= 11 is 12.8. The van der Waals surface area contributed by atoms with Gasteiger partial charge in [0.05, 0.1) is 5.02 Å². The lowest BCUT2D eigenvalue weighted by atomic mass is 9.70. The fourth-order valence-electron chi connectivity index (χ4n) is 3.95. The van der Waals surface area contributed by atoms with Gasteiger partial charge >= 0.3 is 0 Å². The molecule has 0 saturated heterocycles. The first kappa shape index (κ1) is 16.8. The van der Waals surface area contributed by atoms with E-state index in [2.05, 4.69) is 6.92 Å². The second-order valence-corrected chi connectivity index (χ2v) is 7.24. The standard InChI is InChI=1S/C18H20Cl2O3/c1-3-5-18-6-4-12(22)8-13(18)15-11(9-18)7-14(23-10(2)21)16(19)17(15)20/h7-8,10,21H,3-6,9H2,1-2H3. The average Bonchev–Trinajstić information content (AvgIpc) is 2.78. The highest BCUT2D eigenvalue weighted by Gasteiger charge is 2.45. The van der Waals surface area contributed by atoms with Gasteiger partial charge in [-0.05, 0) is 49.5 Å². The Hall–Kier alpha value is -1.03. The third-order valence-electron chi connectivity index (χ3n) is 4.81. The molecule has 0 radical (unpaired) electrons. The van der Waals surface area contributed by atoms with Crippen molar-refractivity contribution in [2.24, 2.45) is 5.41 Å². The molecule has 0 bridgehead atoms. The molecule has 124 valence electrons. The lowest BCUT2D eigenvalue weighted by molar-refractivity contribution is -0.115. The highest BCUT2D eigenvalue weighted by molar-refractivity contribution is 6.44. The topological polar surface area (TPSA) is 46.5 Å². The molecule has 0 heterocycles. The molecule has 5 heteroatoms. The third kappa shape index (κ3) is 2.79. The van der Waals surface area contributed by atoms with E-state index < -0.39 is 6.29 Å². The zero-order valence-corrected chi connectivity index (χ0v) is 14.8. The van der Waals surface area contributed by atoms with Crippen LogP contribution in [0.3, 0.4) is 0 Å². The summed E-state index contributed by atoms with van der Waals surface area (Å²) in [5.41, 5.74) is 2.93. The Morgan fingerprint density at radius 1 is 1.39 bits per heavy atom. The summed E-state index contributed by atoms with van der Waals surface area (Å²) < 4.78 is 5.37. The van der Waals surface area contributed by atoms with Crippen molar-refractivity contribution in [1.29, 1.82) is 0 Å². The first-order valence-corrected chi connectivity index (χ1v) is 8.74. The molecule has 2 aliphatic rings. The van der Waals surface area contributed by atoms with Crippen LogP contribution in [0.2, 0.25) is 10.0 Å². The summed E-state index contributed by atoms with van der Waals surface area (Å²) in [4.78, 5) is 12.0. The van der Waals surface area contributed by atoms with Gasteiger partial charge in [0.25, 0.3) is 0 Å². The van der Waals surface area contributed by atoms with Gasteiger partial charge in [0.2, 0.25) is 0 Å². The summed E-state index contributed by atoms with van der Waals surface area (Å²) in [7, 11) is 0. The molecule has 1 aromatic rings. The van der Waals surface area contributed by atoms with Crippen molar-refractivity contribution in [1.82, 2.24) is 0 Å². The van der Waals surface area contributed by atoms with Crippen molar-refractivity contribution >= 4 is 34.6 Å². The van der Waals surface area contributed by atoms with Gasteiger partial charge in [-0.1, -0.05) is 36.5 Å². The van der Waals surface area contributed by atoms with Crippen molar-refractivity contribution in [2.75, 3.05) is 0 Å². The highest BCUT2D eigenvalue weighted by Crippen LogP contribution is 2.58. The Morgan fingerprint density at radius 3 is 2.78 bits per heavy atom. The Bertz CT molecular complexity index is 694. The Labute approximate surface area is 146 Å². The fourth-order valence-corrected chi connectivity index (χ4v) is 4.46. The molecular weight excluding hydrogens is 335 g/mol. The van der Waals surface area contributed by atoms with E-state index in [0.29, 0.717) is 17.2 Å². The van der Waals surface area contributed by atoms with E-state index in [9.17, 15) is 9.90 Å². The van der Waals surface area contributed by atoms with Gasteiger partial charge in [0.15, 0.2) is 12.1 Å². The molecule has 1 aromatic carbocycles. The quantitative estimate of drug-likeness (QED) is 0.790. The van der Waals surface area contributed by atoms with Gasteiger partial charge in [0.1, 0.15) is 10.8 Å². The van der Waals surface area contributed by atoms with Crippen LogP contribution in [-0.4, -0.2) is 17.2 Å². The summed E-state index contributed by atoms with van der Waals surface area (Å²) in [6.45, 7) is 3.68. The van der Waals surface area contributed by atoms with Crippen molar-refractivity contribution < 1.29 is 14.6 Å². The number of halogens is 2. The minimum absolute atomic E-state index is 0.0264. The number of rotatable bonds is 4. The third-order valence-corrected chi connectivity index (χ3v) is 5.66. The Balaban J connectivity index is 2.16. The van der Waals surface area contributed by atoms with Crippen molar-refractivity contribution in [2.45, 2.75) is 52.2 Å². The van der Waals surface area contributed by atoms with Crippen LogP contribution in [-0.2, 0) is 11.2 Å². The van der Waals surface area contributed by atoms with Gasteiger partial charge in [-0.15, -0.1) is 0 Å². The number of carbonyl (C=O) groups excluding carboxylic acids is 1. The summed E-state index contributed by atoms with van der Waals surface area (Å²) in [6, 6.07) is 1.86. The smallest absolute Gasteiger partial charge is 0.194 e. The van der Waals surface area contributed by atoms with E-state index >= 15 is 0 Å². The van der Waals surface area contributed by atoms with Crippen LogP contribution < -0.4 is 4.74 Å². The first-order chi connectivity index (χ1) is 10.9. The molecule has 0 spiro atoms. The molecule has 0 saturated carbocycles. The Kier molecular flexibility index (Phi) is 4.47. The van der Waals surface area contributed by atoms with Gasteiger partial charge < -0.3 is 9.84 Å². The number of hydrogen-bond acceptors (Lipinski definition) is 3. The number of hydrogen-bond donors (Lipinski definition) is 1. The van der Waals surface area contributed by atoms with E-state index in [0.717, 1.165) is 42.4 Å². The highest BCUT2D eigenvalue weighted by atomic mass is 35.5. The van der Waals surface area contributed by atoms with Crippen LogP contribution >= 0.6 is 23.2 Å². The number of ether oxygens (including phenoxy) is 1. The number of fused-ring (bicyclic) bond motifs is 3. The number of aliphatic hydroxyl groups is 1. The molecule has 3 nitrogen and oxygen atoms in total. The van der Waals surface area contributed by atoms with E-state index in [1.165, 1.54) is 6.92 Å². The maximum absolute atomic E-state index is 12.0. The van der Waals surface area contributed by atoms with Gasteiger partial charge in [-0.25, -0.2) is 0 Å². The molecule has 1 N–H and O–H groups in total. The molecule has 0 fully saturated rings. The number of ketones is 1. The molecule has 23 heavy (non-hydrogen) atoms. The van der Waals surface area contributed by atoms with E-state index in [4.69, 9.17) is 27.9 Å². The predicted molar refractivity (Wildman–Crippen MR) is 92.0 cm³/mol. The maximum atomic E-state index is 12.0. The largest absolute Gasteiger partial charge is 0.464 e. The van der Waals surface area contributed by atoms with Crippen molar-refractivity contribution in [3.8, 4) is 5.75 Å². The first-order valence-electron chi connectivity index (χ1n) is 7.99. The number of aliphatic hydroxyl groups excluding tert-OH is 1.